The Labute approximate surface area is 124 Å². The smallest absolute Gasteiger partial charge is 0.306 e. The van der Waals surface area contributed by atoms with Gasteiger partial charge in [0.25, 0.3) is 0 Å². The zero-order chi connectivity index (χ0) is 15.5. The third-order valence-corrected chi connectivity index (χ3v) is 5.25. The van der Waals surface area contributed by atoms with E-state index in [0.29, 0.717) is 31.4 Å². The molecule has 2 N–H and O–H groups in total. The van der Waals surface area contributed by atoms with E-state index in [-0.39, 0.29) is 10.9 Å². The third kappa shape index (κ3) is 3.95. The van der Waals surface area contributed by atoms with Gasteiger partial charge in [-0.3, -0.25) is 4.79 Å². The van der Waals surface area contributed by atoms with Crippen LogP contribution in [0.3, 0.4) is 0 Å². The number of carbonyl (C=O) groups is 1. The minimum Gasteiger partial charge on any atom is -0.497 e. The van der Waals surface area contributed by atoms with Crippen LogP contribution in [0.2, 0.25) is 0 Å². The van der Waals surface area contributed by atoms with Crippen LogP contribution in [0, 0.1) is 5.92 Å². The Morgan fingerprint density at radius 2 is 1.95 bits per heavy atom. The van der Waals surface area contributed by atoms with Crippen molar-refractivity contribution in [3.8, 4) is 5.75 Å². The summed E-state index contributed by atoms with van der Waals surface area (Å²) in [6, 6.07) is 5.77. The van der Waals surface area contributed by atoms with Gasteiger partial charge in [0.15, 0.2) is 0 Å². The molecule has 0 spiro atoms. The summed E-state index contributed by atoms with van der Waals surface area (Å²) in [6.07, 6.45) is 2.33. The first-order valence-electron chi connectivity index (χ1n) is 6.81. The second-order valence-corrected chi connectivity index (χ2v) is 6.91. The number of aliphatic carboxylic acids is 1. The molecule has 1 aromatic carbocycles. The maximum absolute atomic E-state index is 12.3. The third-order valence-electron chi connectivity index (χ3n) is 3.72. The predicted molar refractivity (Wildman–Crippen MR) is 76.7 cm³/mol. The highest BCUT2D eigenvalue weighted by molar-refractivity contribution is 7.89. The van der Waals surface area contributed by atoms with Crippen molar-refractivity contribution in [2.45, 2.75) is 36.6 Å². The molecule has 1 saturated carbocycles. The summed E-state index contributed by atoms with van der Waals surface area (Å²) in [5.41, 5.74) is 0. The van der Waals surface area contributed by atoms with Crippen molar-refractivity contribution < 1.29 is 23.1 Å². The first-order valence-corrected chi connectivity index (χ1v) is 8.30. The summed E-state index contributed by atoms with van der Waals surface area (Å²) in [7, 11) is -2.12. The minimum atomic E-state index is -3.63. The summed E-state index contributed by atoms with van der Waals surface area (Å²) in [6.45, 7) is 0. The topological polar surface area (TPSA) is 92.7 Å². The molecule has 1 aromatic rings. The number of rotatable bonds is 5. The molecule has 7 heteroatoms. The van der Waals surface area contributed by atoms with Crippen molar-refractivity contribution in [2.24, 2.45) is 5.92 Å². The second-order valence-electron chi connectivity index (χ2n) is 5.20. The van der Waals surface area contributed by atoms with Crippen LogP contribution in [0.25, 0.3) is 0 Å². The second kappa shape index (κ2) is 6.44. The van der Waals surface area contributed by atoms with Crippen molar-refractivity contribution in [3.05, 3.63) is 24.3 Å². The van der Waals surface area contributed by atoms with Gasteiger partial charge in [-0.2, -0.15) is 0 Å². The average molecular weight is 313 g/mol. The molecule has 1 aliphatic rings. The molecule has 0 bridgehead atoms. The number of methoxy groups -OCH3 is 1. The van der Waals surface area contributed by atoms with Crippen LogP contribution in [-0.4, -0.2) is 32.6 Å². The monoisotopic (exact) mass is 313 g/mol. The zero-order valence-corrected chi connectivity index (χ0v) is 12.6. The van der Waals surface area contributed by atoms with Crippen LogP contribution in [0.15, 0.2) is 29.2 Å². The van der Waals surface area contributed by atoms with E-state index in [4.69, 9.17) is 9.84 Å². The van der Waals surface area contributed by atoms with Gasteiger partial charge in [-0.25, -0.2) is 13.1 Å². The molecular weight excluding hydrogens is 294 g/mol. The van der Waals surface area contributed by atoms with Crippen LogP contribution in [0.5, 0.6) is 5.75 Å². The molecule has 116 valence electrons. The normalized spacial score (nSPS) is 22.7. The fraction of sp³-hybridized carbons (Fsp3) is 0.500. The Kier molecular flexibility index (Phi) is 4.84. The first kappa shape index (κ1) is 15.8. The standard InChI is InChI=1S/C14H19NO5S/c1-20-12-5-7-13(8-6-12)21(18,19)15-11-4-2-3-10(9-11)14(16)17/h5-8,10-11,15H,2-4,9H2,1H3,(H,16,17). The lowest BCUT2D eigenvalue weighted by atomic mass is 9.86. The van der Waals surface area contributed by atoms with E-state index in [9.17, 15) is 13.2 Å². The Morgan fingerprint density at radius 1 is 1.29 bits per heavy atom. The number of nitrogens with one attached hydrogen (secondary N) is 1. The lowest BCUT2D eigenvalue weighted by molar-refractivity contribution is -0.143. The van der Waals surface area contributed by atoms with Crippen molar-refractivity contribution >= 4 is 16.0 Å². The van der Waals surface area contributed by atoms with Gasteiger partial charge in [0.05, 0.1) is 17.9 Å². The number of sulfonamides is 1. The Morgan fingerprint density at radius 3 is 2.52 bits per heavy atom. The highest BCUT2D eigenvalue weighted by Gasteiger charge is 2.29. The van der Waals surface area contributed by atoms with Gasteiger partial charge in [-0.15, -0.1) is 0 Å². The molecule has 0 amide bonds. The van der Waals surface area contributed by atoms with Gasteiger partial charge in [-0.1, -0.05) is 6.42 Å². The average Bonchev–Trinajstić information content (AvgIpc) is 2.47. The zero-order valence-electron chi connectivity index (χ0n) is 11.8. The molecule has 21 heavy (non-hydrogen) atoms. The van der Waals surface area contributed by atoms with Gasteiger partial charge in [0.2, 0.25) is 10.0 Å². The van der Waals surface area contributed by atoms with E-state index in [1.807, 2.05) is 0 Å². The van der Waals surface area contributed by atoms with Gasteiger partial charge < -0.3 is 9.84 Å². The maximum atomic E-state index is 12.3. The molecule has 0 aliphatic heterocycles. The molecule has 2 rings (SSSR count). The molecule has 6 nitrogen and oxygen atoms in total. The first-order chi connectivity index (χ1) is 9.92. The van der Waals surface area contributed by atoms with E-state index in [2.05, 4.69) is 4.72 Å². The van der Waals surface area contributed by atoms with Gasteiger partial charge in [-0.05, 0) is 43.5 Å². The summed E-state index contributed by atoms with van der Waals surface area (Å²) < 4.78 is 32.1. The fourth-order valence-corrected chi connectivity index (χ4v) is 3.85. The number of carboxylic acid groups (broad SMARTS) is 1. The van der Waals surface area contributed by atoms with Crippen LogP contribution in [0.4, 0.5) is 0 Å². The molecule has 0 heterocycles. The quantitative estimate of drug-likeness (QED) is 0.861. The van der Waals surface area contributed by atoms with E-state index < -0.39 is 21.9 Å². The molecule has 0 aromatic heterocycles. The molecule has 2 unspecified atom stereocenters. The molecule has 0 saturated heterocycles. The lowest BCUT2D eigenvalue weighted by Gasteiger charge is -2.27. The SMILES string of the molecule is COc1ccc(S(=O)(=O)NC2CCCC(C(=O)O)C2)cc1. The maximum Gasteiger partial charge on any atom is 0.306 e. The van der Waals surface area contributed by atoms with Crippen LogP contribution >= 0.6 is 0 Å². The highest BCUT2D eigenvalue weighted by atomic mass is 32.2. The molecule has 1 aliphatic carbocycles. The van der Waals surface area contributed by atoms with Gasteiger partial charge in [0, 0.05) is 6.04 Å². The largest absolute Gasteiger partial charge is 0.497 e. The Hall–Kier alpha value is -1.60. The lowest BCUT2D eigenvalue weighted by Crippen LogP contribution is -2.39. The van der Waals surface area contributed by atoms with E-state index in [1.54, 1.807) is 12.1 Å². The summed E-state index contributed by atoms with van der Waals surface area (Å²) in [4.78, 5) is 11.2. The summed E-state index contributed by atoms with van der Waals surface area (Å²) >= 11 is 0. The van der Waals surface area contributed by atoms with Crippen LogP contribution in [0.1, 0.15) is 25.7 Å². The van der Waals surface area contributed by atoms with E-state index >= 15 is 0 Å². The molecule has 1 fully saturated rings. The Balaban J connectivity index is 2.07. The number of hydrogen-bond donors (Lipinski definition) is 2. The van der Waals surface area contributed by atoms with Crippen molar-refractivity contribution in [2.75, 3.05) is 7.11 Å². The van der Waals surface area contributed by atoms with Crippen molar-refractivity contribution in [1.82, 2.24) is 4.72 Å². The fourth-order valence-electron chi connectivity index (χ4n) is 2.56. The molecule has 2 atom stereocenters. The minimum absolute atomic E-state index is 0.153. The van der Waals surface area contributed by atoms with E-state index in [1.165, 1.54) is 19.2 Å². The number of hydrogen-bond acceptors (Lipinski definition) is 4. The molecular formula is C14H19NO5S. The van der Waals surface area contributed by atoms with E-state index in [0.717, 1.165) is 0 Å². The number of carboxylic acids is 1. The summed E-state index contributed by atoms with van der Waals surface area (Å²) in [5.74, 6) is -0.747. The van der Waals surface area contributed by atoms with Crippen LogP contribution in [-0.2, 0) is 14.8 Å². The Bertz CT molecular complexity index is 596. The van der Waals surface area contributed by atoms with Crippen molar-refractivity contribution in [1.29, 1.82) is 0 Å². The highest BCUT2D eigenvalue weighted by Crippen LogP contribution is 2.26. The predicted octanol–water partition coefficient (Wildman–Crippen LogP) is 1.62. The van der Waals surface area contributed by atoms with Crippen molar-refractivity contribution in [3.63, 3.8) is 0 Å². The number of benzene rings is 1. The summed E-state index contributed by atoms with van der Waals surface area (Å²) in [5, 5.41) is 9.04. The van der Waals surface area contributed by atoms with Gasteiger partial charge >= 0.3 is 5.97 Å². The molecule has 0 radical (unpaired) electrons. The van der Waals surface area contributed by atoms with Crippen LogP contribution < -0.4 is 9.46 Å². The number of ether oxygens (including phenoxy) is 1. The van der Waals surface area contributed by atoms with Gasteiger partial charge in [0.1, 0.15) is 5.75 Å².